The molecule has 2 nitrogen and oxygen atoms in total. The number of hydrogen-bond donors (Lipinski definition) is 0. The number of rotatable bonds is 7. The molecule has 3 aromatic rings. The zero-order chi connectivity index (χ0) is 24.4. The Morgan fingerprint density at radius 2 is 1.63 bits per heavy atom. The molecule has 4 heteroatoms. The van der Waals surface area contributed by atoms with Gasteiger partial charge in [-0.15, -0.1) is 0 Å². The lowest BCUT2D eigenvalue weighted by atomic mass is 9.74. The molecule has 1 aliphatic heterocycles. The number of allylic oxidation sites excluding steroid dienone is 1. The first-order valence-electron chi connectivity index (χ1n) is 12.7. The minimum Gasteiger partial charge on any atom is -0.371 e. The smallest absolute Gasteiger partial charge is 0.0595 e. The lowest BCUT2D eigenvalue weighted by Crippen LogP contribution is -2.42. The van der Waals surface area contributed by atoms with Crippen LogP contribution in [0.2, 0.25) is 10.0 Å². The molecule has 0 N–H and O–H groups in total. The molecule has 1 saturated heterocycles. The molecule has 0 bridgehead atoms. The molecule has 1 spiro atoms. The fourth-order valence-corrected chi connectivity index (χ4v) is 6.27. The third kappa shape index (κ3) is 5.03. The standard InChI is InChI=1S/C31H34Cl2N2/c1-23(34(2)26-9-4-3-5-10-26)27(25-12-13-29(32)30(33)22-25)15-19-35-20-17-31(18-21-35)16-14-24-8-6-7-11-28(24)31/h3-14,16,22-23,27H,15,17-21H2,1-2H3/t23?,27-/m1/s1. The van der Waals surface area contributed by atoms with Crippen LogP contribution in [0.1, 0.15) is 48.8 Å². The van der Waals surface area contributed by atoms with Crippen LogP contribution in [0, 0.1) is 0 Å². The van der Waals surface area contributed by atoms with Crippen LogP contribution in [-0.4, -0.2) is 37.6 Å². The van der Waals surface area contributed by atoms with Crippen molar-refractivity contribution in [3.8, 4) is 0 Å². The van der Waals surface area contributed by atoms with Gasteiger partial charge >= 0.3 is 0 Å². The van der Waals surface area contributed by atoms with Crippen molar-refractivity contribution in [1.29, 1.82) is 0 Å². The minimum atomic E-state index is 0.233. The molecule has 1 unspecified atom stereocenters. The number of likely N-dealkylation sites (tertiary alicyclic amines) is 1. The SMILES string of the molecule is CC([C@@H](CCN1CCC2(C=Cc3ccccc32)CC1)c1ccc(Cl)c(Cl)c1)N(C)c1ccccc1. The fourth-order valence-electron chi connectivity index (χ4n) is 5.97. The predicted octanol–water partition coefficient (Wildman–Crippen LogP) is 8.05. The van der Waals surface area contributed by atoms with Crippen molar-refractivity contribution in [2.24, 2.45) is 0 Å². The molecule has 0 saturated carbocycles. The molecule has 0 amide bonds. The highest BCUT2D eigenvalue weighted by Gasteiger charge is 2.38. The van der Waals surface area contributed by atoms with E-state index in [-0.39, 0.29) is 5.41 Å². The van der Waals surface area contributed by atoms with E-state index >= 15 is 0 Å². The van der Waals surface area contributed by atoms with Crippen molar-refractivity contribution in [2.45, 2.75) is 43.6 Å². The number of fused-ring (bicyclic) bond motifs is 2. The highest BCUT2D eigenvalue weighted by Crippen LogP contribution is 2.44. The number of benzene rings is 3. The monoisotopic (exact) mass is 504 g/mol. The summed E-state index contributed by atoms with van der Waals surface area (Å²) in [6.45, 7) is 5.68. The van der Waals surface area contributed by atoms with E-state index < -0.39 is 0 Å². The van der Waals surface area contributed by atoms with E-state index in [1.54, 1.807) is 0 Å². The summed E-state index contributed by atoms with van der Waals surface area (Å²) in [7, 11) is 2.19. The third-order valence-electron chi connectivity index (χ3n) is 8.31. The summed E-state index contributed by atoms with van der Waals surface area (Å²) in [4.78, 5) is 5.04. The van der Waals surface area contributed by atoms with E-state index in [0.29, 0.717) is 22.0 Å². The van der Waals surface area contributed by atoms with Crippen molar-refractivity contribution in [3.05, 3.63) is 106 Å². The quantitative estimate of drug-likeness (QED) is 0.321. The molecule has 1 heterocycles. The Bertz CT molecular complexity index is 1180. The maximum atomic E-state index is 6.46. The second-order valence-electron chi connectivity index (χ2n) is 10.2. The van der Waals surface area contributed by atoms with Crippen LogP contribution >= 0.6 is 23.2 Å². The molecule has 2 atom stereocenters. The van der Waals surface area contributed by atoms with Gasteiger partial charge in [0.1, 0.15) is 0 Å². The Balaban J connectivity index is 1.29. The van der Waals surface area contributed by atoms with Crippen LogP contribution < -0.4 is 4.90 Å². The highest BCUT2D eigenvalue weighted by atomic mass is 35.5. The second-order valence-corrected chi connectivity index (χ2v) is 11.0. The van der Waals surface area contributed by atoms with Gasteiger partial charge in [-0.3, -0.25) is 0 Å². The summed E-state index contributed by atoms with van der Waals surface area (Å²) in [5, 5.41) is 1.25. The number of hydrogen-bond acceptors (Lipinski definition) is 2. The predicted molar refractivity (Wildman–Crippen MR) is 151 cm³/mol. The fraction of sp³-hybridized carbons (Fsp3) is 0.355. The number of piperidine rings is 1. The largest absolute Gasteiger partial charge is 0.371 e. The number of halogens is 2. The van der Waals surface area contributed by atoms with E-state index in [0.717, 1.165) is 26.1 Å². The number of nitrogens with zero attached hydrogens (tertiary/aromatic N) is 2. The zero-order valence-electron chi connectivity index (χ0n) is 20.6. The van der Waals surface area contributed by atoms with E-state index in [1.807, 2.05) is 6.07 Å². The molecular weight excluding hydrogens is 471 g/mol. The van der Waals surface area contributed by atoms with E-state index in [2.05, 4.69) is 103 Å². The van der Waals surface area contributed by atoms with Crippen LogP contribution in [0.3, 0.4) is 0 Å². The van der Waals surface area contributed by atoms with Crippen LogP contribution in [0.25, 0.3) is 6.08 Å². The zero-order valence-corrected chi connectivity index (χ0v) is 22.1. The topological polar surface area (TPSA) is 6.48 Å². The Labute approximate surface area is 220 Å². The molecule has 1 aliphatic carbocycles. The van der Waals surface area contributed by atoms with Crippen LogP contribution in [0.4, 0.5) is 5.69 Å². The van der Waals surface area contributed by atoms with Gasteiger partial charge < -0.3 is 9.80 Å². The minimum absolute atomic E-state index is 0.233. The lowest BCUT2D eigenvalue weighted by molar-refractivity contribution is 0.177. The first-order chi connectivity index (χ1) is 17.0. The highest BCUT2D eigenvalue weighted by molar-refractivity contribution is 6.42. The Hall–Kier alpha value is -2.26. The first kappa shape index (κ1) is 24.4. The van der Waals surface area contributed by atoms with Gasteiger partial charge in [0.2, 0.25) is 0 Å². The van der Waals surface area contributed by atoms with Crippen molar-refractivity contribution in [3.63, 3.8) is 0 Å². The first-order valence-corrected chi connectivity index (χ1v) is 13.5. The molecular formula is C31H34Cl2N2. The molecule has 1 fully saturated rings. The van der Waals surface area contributed by atoms with Crippen LogP contribution in [0.5, 0.6) is 0 Å². The van der Waals surface area contributed by atoms with Gasteiger partial charge in [-0.25, -0.2) is 0 Å². The van der Waals surface area contributed by atoms with Gasteiger partial charge in [0.25, 0.3) is 0 Å². The van der Waals surface area contributed by atoms with Gasteiger partial charge in [0.15, 0.2) is 0 Å². The van der Waals surface area contributed by atoms with Gasteiger partial charge in [-0.1, -0.05) is 83.9 Å². The molecule has 0 radical (unpaired) electrons. The summed E-state index contributed by atoms with van der Waals surface area (Å²) >= 11 is 12.7. The second kappa shape index (κ2) is 10.4. The molecule has 3 aromatic carbocycles. The number of anilines is 1. The van der Waals surface area contributed by atoms with Crippen molar-refractivity contribution in [2.75, 3.05) is 31.6 Å². The maximum Gasteiger partial charge on any atom is 0.0595 e. The Morgan fingerprint density at radius 3 is 2.37 bits per heavy atom. The average Bonchev–Trinajstić information content (AvgIpc) is 3.25. The number of likely N-dealkylation sites (N-methyl/N-ethyl adjacent to an activating group) is 1. The van der Waals surface area contributed by atoms with Crippen molar-refractivity contribution >= 4 is 35.0 Å². The summed E-state index contributed by atoms with van der Waals surface area (Å²) in [5.74, 6) is 0.345. The van der Waals surface area contributed by atoms with Gasteiger partial charge in [0.05, 0.1) is 10.0 Å². The van der Waals surface area contributed by atoms with Crippen molar-refractivity contribution in [1.82, 2.24) is 4.90 Å². The molecule has 182 valence electrons. The van der Waals surface area contributed by atoms with Crippen LogP contribution in [-0.2, 0) is 5.41 Å². The van der Waals surface area contributed by atoms with Crippen molar-refractivity contribution < 1.29 is 0 Å². The number of para-hydroxylation sites is 1. The van der Waals surface area contributed by atoms with Gasteiger partial charge in [0, 0.05) is 30.1 Å². The summed E-state index contributed by atoms with van der Waals surface area (Å²) in [5.41, 5.74) is 5.65. The maximum absolute atomic E-state index is 6.46. The molecule has 2 aliphatic rings. The van der Waals surface area contributed by atoms with E-state index in [1.165, 1.54) is 35.2 Å². The lowest BCUT2D eigenvalue weighted by Gasteiger charge is -2.40. The van der Waals surface area contributed by atoms with E-state index in [4.69, 9.17) is 23.2 Å². The van der Waals surface area contributed by atoms with E-state index in [9.17, 15) is 0 Å². The third-order valence-corrected chi connectivity index (χ3v) is 9.05. The summed E-state index contributed by atoms with van der Waals surface area (Å²) in [6, 6.07) is 26.0. The summed E-state index contributed by atoms with van der Waals surface area (Å²) in [6.07, 6.45) is 8.25. The van der Waals surface area contributed by atoms with Gasteiger partial charge in [-0.05, 0) is 86.8 Å². The molecule has 0 aromatic heterocycles. The molecule has 5 rings (SSSR count). The normalized spacial score (nSPS) is 18.4. The van der Waals surface area contributed by atoms with Gasteiger partial charge in [-0.2, -0.15) is 0 Å². The Kier molecular flexibility index (Phi) is 7.25. The summed E-state index contributed by atoms with van der Waals surface area (Å²) < 4.78 is 0. The Morgan fingerprint density at radius 1 is 0.914 bits per heavy atom. The average molecular weight is 506 g/mol. The van der Waals surface area contributed by atoms with Crippen LogP contribution in [0.15, 0.2) is 78.9 Å². The molecule has 35 heavy (non-hydrogen) atoms.